The third kappa shape index (κ3) is 3.61. The zero-order chi connectivity index (χ0) is 19.0. The van der Waals surface area contributed by atoms with Gasteiger partial charge in [0.05, 0.1) is 30.2 Å². The predicted octanol–water partition coefficient (Wildman–Crippen LogP) is 3.14. The summed E-state index contributed by atoms with van der Waals surface area (Å²) in [5.41, 5.74) is 6.39. The van der Waals surface area contributed by atoms with Crippen LogP contribution in [-0.4, -0.2) is 30.3 Å². The number of imidazole rings is 1. The lowest BCUT2D eigenvalue weighted by atomic mass is 10.1. The molecule has 0 aliphatic rings. The van der Waals surface area contributed by atoms with E-state index in [9.17, 15) is 4.79 Å². The van der Waals surface area contributed by atoms with E-state index in [1.807, 2.05) is 55.9 Å². The van der Waals surface area contributed by atoms with Crippen LogP contribution in [-0.2, 0) is 6.54 Å². The van der Waals surface area contributed by atoms with Gasteiger partial charge in [-0.3, -0.25) is 9.48 Å². The lowest BCUT2D eigenvalue weighted by Gasteiger charge is -2.12. The molecule has 1 N–H and O–H groups in total. The molecule has 138 valence electrons. The fraction of sp³-hybridized carbons (Fsp3) is 0.263. The molecule has 1 atom stereocenters. The van der Waals surface area contributed by atoms with E-state index in [0.717, 1.165) is 27.6 Å². The Morgan fingerprint density at radius 2 is 2.04 bits per heavy atom. The van der Waals surface area contributed by atoms with E-state index >= 15 is 0 Å². The quantitative estimate of drug-likeness (QED) is 0.577. The van der Waals surface area contributed by atoms with Gasteiger partial charge < -0.3 is 5.32 Å². The number of hydrogen-bond acceptors (Lipinski definition) is 5. The molecule has 27 heavy (non-hydrogen) atoms. The monoisotopic (exact) mass is 380 g/mol. The zero-order valence-electron chi connectivity index (χ0n) is 15.4. The van der Waals surface area contributed by atoms with E-state index < -0.39 is 0 Å². The summed E-state index contributed by atoms with van der Waals surface area (Å²) in [7, 11) is 0. The fourth-order valence-corrected chi connectivity index (χ4v) is 3.60. The second-order valence-corrected chi connectivity index (χ2v) is 7.42. The summed E-state index contributed by atoms with van der Waals surface area (Å²) in [6, 6.07) is 9.48. The molecule has 1 amide bonds. The zero-order valence-corrected chi connectivity index (χ0v) is 16.2. The first kappa shape index (κ1) is 17.4. The van der Waals surface area contributed by atoms with Crippen LogP contribution in [0.1, 0.15) is 46.0 Å². The van der Waals surface area contributed by atoms with Crippen LogP contribution in [0.15, 0.2) is 42.0 Å². The minimum Gasteiger partial charge on any atom is -0.344 e. The van der Waals surface area contributed by atoms with Gasteiger partial charge in [0.15, 0.2) is 0 Å². The van der Waals surface area contributed by atoms with E-state index in [1.165, 1.54) is 11.3 Å². The molecular formula is C19H20N6OS. The van der Waals surface area contributed by atoms with Crippen LogP contribution in [0.3, 0.4) is 0 Å². The average Bonchev–Trinajstić information content (AvgIpc) is 3.30. The van der Waals surface area contributed by atoms with Crippen molar-refractivity contribution in [3.05, 3.63) is 70.2 Å². The molecule has 1 unspecified atom stereocenters. The Hall–Kier alpha value is -3.00. The van der Waals surface area contributed by atoms with Gasteiger partial charge in [0.2, 0.25) is 4.96 Å². The molecule has 0 bridgehead atoms. The SMILES string of the molecule is Cc1cc(C)n(Cc2ccc(C(=O)NC(C)c3cn4ncsc4n3)cc2)n1. The molecule has 0 spiro atoms. The average molecular weight is 380 g/mol. The van der Waals surface area contributed by atoms with Crippen LogP contribution < -0.4 is 5.32 Å². The Bertz CT molecular complexity index is 1060. The van der Waals surface area contributed by atoms with Crippen molar-refractivity contribution in [2.75, 3.05) is 0 Å². The molecular weight excluding hydrogens is 360 g/mol. The van der Waals surface area contributed by atoms with Crippen molar-refractivity contribution in [3.63, 3.8) is 0 Å². The Morgan fingerprint density at radius 3 is 2.70 bits per heavy atom. The second kappa shape index (κ2) is 6.96. The summed E-state index contributed by atoms with van der Waals surface area (Å²) in [5.74, 6) is -0.121. The third-order valence-corrected chi connectivity index (χ3v) is 5.14. The highest BCUT2D eigenvalue weighted by atomic mass is 32.1. The number of rotatable bonds is 5. The first-order valence-corrected chi connectivity index (χ1v) is 9.57. The van der Waals surface area contributed by atoms with E-state index in [4.69, 9.17) is 0 Å². The molecule has 1 aromatic carbocycles. The van der Waals surface area contributed by atoms with Gasteiger partial charge in [-0.1, -0.05) is 23.5 Å². The number of benzene rings is 1. The number of carbonyl (C=O) groups is 1. The number of nitrogens with one attached hydrogen (secondary N) is 1. The molecule has 4 aromatic rings. The second-order valence-electron chi connectivity index (χ2n) is 6.61. The van der Waals surface area contributed by atoms with Crippen LogP contribution >= 0.6 is 11.3 Å². The van der Waals surface area contributed by atoms with Crippen molar-refractivity contribution >= 4 is 22.2 Å². The lowest BCUT2D eigenvalue weighted by molar-refractivity contribution is 0.0939. The topological polar surface area (TPSA) is 77.1 Å². The number of aryl methyl sites for hydroxylation is 2. The van der Waals surface area contributed by atoms with Crippen LogP contribution in [0, 0.1) is 13.8 Å². The van der Waals surface area contributed by atoms with Crippen molar-refractivity contribution < 1.29 is 4.79 Å². The normalized spacial score (nSPS) is 12.4. The molecule has 0 aliphatic heterocycles. The van der Waals surface area contributed by atoms with Crippen molar-refractivity contribution in [2.24, 2.45) is 0 Å². The molecule has 3 heterocycles. The summed E-state index contributed by atoms with van der Waals surface area (Å²) < 4.78 is 3.68. The van der Waals surface area contributed by atoms with Gasteiger partial charge in [-0.25, -0.2) is 9.50 Å². The number of aromatic nitrogens is 5. The van der Waals surface area contributed by atoms with E-state index in [0.29, 0.717) is 12.1 Å². The molecule has 0 radical (unpaired) electrons. The van der Waals surface area contributed by atoms with Crippen molar-refractivity contribution in [1.29, 1.82) is 0 Å². The summed E-state index contributed by atoms with van der Waals surface area (Å²) in [5, 5.41) is 11.6. The van der Waals surface area contributed by atoms with Gasteiger partial charge in [0.25, 0.3) is 5.91 Å². The first-order chi connectivity index (χ1) is 13.0. The van der Waals surface area contributed by atoms with Crippen LogP contribution in [0.25, 0.3) is 4.96 Å². The fourth-order valence-electron chi connectivity index (χ4n) is 2.99. The number of nitrogens with zero attached hydrogens (tertiary/aromatic N) is 5. The maximum Gasteiger partial charge on any atom is 0.251 e. The van der Waals surface area contributed by atoms with Crippen LogP contribution in [0.4, 0.5) is 0 Å². The maximum absolute atomic E-state index is 12.5. The van der Waals surface area contributed by atoms with Crippen molar-refractivity contribution in [3.8, 4) is 0 Å². The van der Waals surface area contributed by atoms with E-state index in [2.05, 4.69) is 26.6 Å². The van der Waals surface area contributed by atoms with Gasteiger partial charge in [-0.05, 0) is 44.5 Å². The molecule has 3 aromatic heterocycles. The number of amides is 1. The van der Waals surface area contributed by atoms with E-state index in [1.54, 1.807) is 10.0 Å². The predicted molar refractivity (Wildman–Crippen MR) is 104 cm³/mol. The Morgan fingerprint density at radius 1 is 1.26 bits per heavy atom. The summed E-state index contributed by atoms with van der Waals surface area (Å²) >= 11 is 1.47. The largest absolute Gasteiger partial charge is 0.344 e. The lowest BCUT2D eigenvalue weighted by Crippen LogP contribution is -2.26. The van der Waals surface area contributed by atoms with Crippen LogP contribution in [0.5, 0.6) is 0 Å². The molecule has 8 heteroatoms. The molecule has 0 fully saturated rings. The maximum atomic E-state index is 12.5. The highest BCUT2D eigenvalue weighted by Crippen LogP contribution is 2.16. The number of carbonyl (C=O) groups excluding carboxylic acids is 1. The van der Waals surface area contributed by atoms with Gasteiger partial charge in [-0.15, -0.1) is 0 Å². The number of fused-ring (bicyclic) bond motifs is 1. The Kier molecular flexibility index (Phi) is 4.49. The molecule has 4 rings (SSSR count). The molecule has 0 saturated heterocycles. The smallest absolute Gasteiger partial charge is 0.251 e. The summed E-state index contributed by atoms with van der Waals surface area (Å²) in [4.78, 5) is 17.8. The molecule has 7 nitrogen and oxygen atoms in total. The highest BCUT2D eigenvalue weighted by Gasteiger charge is 2.15. The van der Waals surface area contributed by atoms with Gasteiger partial charge >= 0.3 is 0 Å². The third-order valence-electron chi connectivity index (χ3n) is 4.45. The first-order valence-electron chi connectivity index (χ1n) is 8.69. The standard InChI is InChI=1S/C19H20N6OS/c1-12-8-13(2)24(23-12)9-15-4-6-16(7-5-15)18(26)21-14(3)17-10-25-19(22-17)27-11-20-25/h4-8,10-11,14H,9H2,1-3H3,(H,21,26). The minimum absolute atomic E-state index is 0.121. The summed E-state index contributed by atoms with van der Waals surface area (Å²) in [6.45, 7) is 6.63. The van der Waals surface area contributed by atoms with Crippen molar-refractivity contribution in [2.45, 2.75) is 33.4 Å². The Balaban J connectivity index is 1.42. The molecule has 0 aliphatic carbocycles. The highest BCUT2D eigenvalue weighted by molar-refractivity contribution is 7.14. The van der Waals surface area contributed by atoms with Gasteiger partial charge in [0, 0.05) is 11.3 Å². The minimum atomic E-state index is -0.194. The number of hydrogen-bond donors (Lipinski definition) is 1. The Labute approximate surface area is 160 Å². The van der Waals surface area contributed by atoms with E-state index in [-0.39, 0.29) is 11.9 Å². The molecule has 0 saturated carbocycles. The van der Waals surface area contributed by atoms with Crippen molar-refractivity contribution in [1.82, 2.24) is 29.7 Å². The van der Waals surface area contributed by atoms with Gasteiger partial charge in [-0.2, -0.15) is 10.2 Å². The summed E-state index contributed by atoms with van der Waals surface area (Å²) in [6.07, 6.45) is 1.84. The van der Waals surface area contributed by atoms with Gasteiger partial charge in [0.1, 0.15) is 5.51 Å². The van der Waals surface area contributed by atoms with Crippen LogP contribution in [0.2, 0.25) is 0 Å².